The lowest BCUT2D eigenvalue weighted by Crippen LogP contribution is -2.32. The van der Waals surface area contributed by atoms with Crippen molar-refractivity contribution in [3.05, 3.63) is 59.7 Å². The van der Waals surface area contributed by atoms with Crippen LogP contribution in [-0.2, 0) is 6.42 Å². The third-order valence-electron chi connectivity index (χ3n) is 6.87. The number of rotatable bonds is 19. The first-order valence-corrected chi connectivity index (χ1v) is 14.5. The lowest BCUT2D eigenvalue weighted by Gasteiger charge is -2.11. The molecule has 0 radical (unpaired) electrons. The van der Waals surface area contributed by atoms with Crippen molar-refractivity contribution in [3.8, 4) is 5.75 Å². The fraction of sp³-hybridized carbons (Fsp3) is 0.594. The Morgan fingerprint density at radius 1 is 0.750 bits per heavy atom. The number of ether oxygens (including phenoxy) is 1. The molecule has 2 rings (SSSR count). The van der Waals surface area contributed by atoms with Crippen LogP contribution in [0.5, 0.6) is 5.75 Å². The first kappa shape index (κ1) is 29.7. The number of amides is 2. The molecule has 4 nitrogen and oxygen atoms in total. The maximum atomic E-state index is 12.0. The molecule has 2 aromatic carbocycles. The van der Waals surface area contributed by atoms with Crippen molar-refractivity contribution in [1.29, 1.82) is 0 Å². The van der Waals surface area contributed by atoms with E-state index in [-0.39, 0.29) is 6.03 Å². The summed E-state index contributed by atoms with van der Waals surface area (Å²) in [6.07, 6.45) is 16.8. The predicted molar refractivity (Wildman–Crippen MR) is 154 cm³/mol. The lowest BCUT2D eigenvalue weighted by molar-refractivity contribution is 0.250. The van der Waals surface area contributed by atoms with Crippen molar-refractivity contribution < 1.29 is 9.53 Å². The van der Waals surface area contributed by atoms with E-state index in [0.717, 1.165) is 37.3 Å². The van der Waals surface area contributed by atoms with Crippen molar-refractivity contribution in [3.63, 3.8) is 0 Å². The number of anilines is 1. The highest BCUT2D eigenvalue weighted by atomic mass is 16.5. The summed E-state index contributed by atoms with van der Waals surface area (Å²) >= 11 is 0. The molecular weight excluding hydrogens is 444 g/mol. The molecule has 1 unspecified atom stereocenters. The van der Waals surface area contributed by atoms with E-state index in [1.165, 1.54) is 75.3 Å². The normalized spacial score (nSPS) is 11.8. The molecule has 0 heterocycles. The van der Waals surface area contributed by atoms with Crippen LogP contribution in [-0.4, -0.2) is 19.2 Å². The molecule has 0 aliphatic carbocycles. The highest BCUT2D eigenvalue weighted by Crippen LogP contribution is 2.18. The molecule has 2 N–H and O–H groups in total. The van der Waals surface area contributed by atoms with Crippen LogP contribution >= 0.6 is 0 Å². The second-order valence-corrected chi connectivity index (χ2v) is 10.3. The van der Waals surface area contributed by atoms with Gasteiger partial charge >= 0.3 is 6.03 Å². The maximum Gasteiger partial charge on any atom is 0.319 e. The Kier molecular flexibility index (Phi) is 15.5. The second kappa shape index (κ2) is 18.7. The van der Waals surface area contributed by atoms with Crippen molar-refractivity contribution in [2.75, 3.05) is 18.5 Å². The number of hydrogen-bond acceptors (Lipinski definition) is 2. The number of unbranched alkanes of at least 4 members (excludes halogenated alkanes) is 10. The molecule has 0 spiro atoms. The van der Waals surface area contributed by atoms with Crippen molar-refractivity contribution in [2.24, 2.45) is 5.92 Å². The van der Waals surface area contributed by atoms with Gasteiger partial charge in [-0.15, -0.1) is 0 Å². The minimum absolute atomic E-state index is 0.146. The van der Waals surface area contributed by atoms with Crippen molar-refractivity contribution in [2.45, 2.75) is 104 Å². The zero-order chi connectivity index (χ0) is 25.8. The first-order chi connectivity index (χ1) is 17.6. The first-order valence-electron chi connectivity index (χ1n) is 14.5. The van der Waals surface area contributed by atoms with Crippen LogP contribution in [0.2, 0.25) is 0 Å². The van der Waals surface area contributed by atoms with Crippen molar-refractivity contribution in [1.82, 2.24) is 5.32 Å². The standard InChI is InChI=1S/C32H50N2O2/c1-4-6-7-8-9-10-11-12-13-14-15-24-36-31-22-18-29(19-23-31)25-28-16-20-30(21-17-28)34-32(35)33-26-27(3)5-2/h16-23,27H,4-15,24-26H2,1-3H3,(H2,33,34,35). The van der Waals surface area contributed by atoms with Gasteiger partial charge in [0, 0.05) is 12.2 Å². The number of hydrogen-bond donors (Lipinski definition) is 2. The predicted octanol–water partition coefficient (Wildman–Crippen LogP) is 9.13. The molecule has 200 valence electrons. The number of carbonyl (C=O) groups excluding carboxylic acids is 1. The lowest BCUT2D eigenvalue weighted by atomic mass is 10.0. The van der Waals surface area contributed by atoms with E-state index in [9.17, 15) is 4.79 Å². The molecule has 0 fully saturated rings. The fourth-order valence-electron chi connectivity index (χ4n) is 4.19. The topological polar surface area (TPSA) is 50.4 Å². The molecular formula is C32H50N2O2. The summed E-state index contributed by atoms with van der Waals surface area (Å²) in [6.45, 7) is 8.03. The monoisotopic (exact) mass is 494 g/mol. The number of urea groups is 1. The van der Waals surface area contributed by atoms with Gasteiger partial charge in [-0.1, -0.05) is 116 Å². The molecule has 0 aliphatic rings. The van der Waals surface area contributed by atoms with E-state index in [1.54, 1.807) is 0 Å². The van der Waals surface area contributed by atoms with Gasteiger partial charge in [-0.05, 0) is 54.2 Å². The molecule has 2 amide bonds. The molecule has 0 saturated carbocycles. The van der Waals surface area contributed by atoms with Gasteiger partial charge in [-0.2, -0.15) is 0 Å². The SMILES string of the molecule is CCCCCCCCCCCCCOc1ccc(Cc2ccc(NC(=O)NCC(C)CC)cc2)cc1. The van der Waals surface area contributed by atoms with Gasteiger partial charge < -0.3 is 15.4 Å². The highest BCUT2D eigenvalue weighted by Gasteiger charge is 2.05. The number of nitrogens with one attached hydrogen (secondary N) is 2. The molecule has 0 bridgehead atoms. The molecule has 0 aromatic heterocycles. The third-order valence-corrected chi connectivity index (χ3v) is 6.87. The van der Waals surface area contributed by atoms with Gasteiger partial charge in [-0.25, -0.2) is 4.79 Å². The smallest absolute Gasteiger partial charge is 0.319 e. The van der Waals surface area contributed by atoms with Gasteiger partial charge in [-0.3, -0.25) is 0 Å². The number of benzene rings is 2. The van der Waals surface area contributed by atoms with E-state index >= 15 is 0 Å². The Morgan fingerprint density at radius 2 is 1.28 bits per heavy atom. The van der Waals surface area contributed by atoms with Crippen LogP contribution in [0.3, 0.4) is 0 Å². The Bertz CT molecular complexity index is 817. The van der Waals surface area contributed by atoms with Crippen molar-refractivity contribution >= 4 is 11.7 Å². The minimum atomic E-state index is -0.146. The molecule has 2 aromatic rings. The zero-order valence-corrected chi connectivity index (χ0v) is 23.1. The molecule has 0 saturated heterocycles. The molecule has 0 aliphatic heterocycles. The summed E-state index contributed by atoms with van der Waals surface area (Å²) in [5.74, 6) is 1.44. The van der Waals surface area contributed by atoms with Crippen LogP contribution in [0.4, 0.5) is 10.5 Å². The Morgan fingerprint density at radius 3 is 1.83 bits per heavy atom. The van der Waals surface area contributed by atoms with Gasteiger partial charge in [0.05, 0.1) is 6.61 Å². The van der Waals surface area contributed by atoms with E-state index in [4.69, 9.17) is 4.74 Å². The van der Waals surface area contributed by atoms with Gasteiger partial charge in [0.25, 0.3) is 0 Å². The number of carbonyl (C=O) groups is 1. The van der Waals surface area contributed by atoms with Gasteiger partial charge in [0.2, 0.25) is 0 Å². The van der Waals surface area contributed by atoms with E-state index in [0.29, 0.717) is 12.5 Å². The minimum Gasteiger partial charge on any atom is -0.494 e. The summed E-state index contributed by atoms with van der Waals surface area (Å²) in [7, 11) is 0. The summed E-state index contributed by atoms with van der Waals surface area (Å²) < 4.78 is 5.94. The van der Waals surface area contributed by atoms with Crippen LogP contribution in [0, 0.1) is 5.92 Å². The Balaban J connectivity index is 1.57. The highest BCUT2D eigenvalue weighted by molar-refractivity contribution is 5.89. The van der Waals surface area contributed by atoms with Crippen LogP contribution in [0.15, 0.2) is 48.5 Å². The van der Waals surface area contributed by atoms with Crippen LogP contribution in [0.25, 0.3) is 0 Å². The maximum absolute atomic E-state index is 12.0. The molecule has 4 heteroatoms. The summed E-state index contributed by atoms with van der Waals surface area (Å²) in [5, 5.41) is 5.82. The van der Waals surface area contributed by atoms with E-state index < -0.39 is 0 Å². The zero-order valence-electron chi connectivity index (χ0n) is 23.1. The average molecular weight is 495 g/mol. The average Bonchev–Trinajstić information content (AvgIpc) is 2.90. The second-order valence-electron chi connectivity index (χ2n) is 10.3. The third kappa shape index (κ3) is 13.6. The summed E-state index contributed by atoms with van der Waals surface area (Å²) in [4.78, 5) is 12.0. The fourth-order valence-corrected chi connectivity index (χ4v) is 4.19. The Labute approximate surface area is 220 Å². The largest absolute Gasteiger partial charge is 0.494 e. The van der Waals surface area contributed by atoms with Crippen LogP contribution < -0.4 is 15.4 Å². The Hall–Kier alpha value is -2.49. The summed E-state index contributed by atoms with van der Waals surface area (Å²) in [6, 6.07) is 16.4. The van der Waals surface area contributed by atoms with Gasteiger partial charge in [0.15, 0.2) is 0 Å². The van der Waals surface area contributed by atoms with Crippen LogP contribution in [0.1, 0.15) is 109 Å². The van der Waals surface area contributed by atoms with E-state index in [1.807, 2.05) is 12.1 Å². The molecule has 1 atom stereocenters. The van der Waals surface area contributed by atoms with Gasteiger partial charge in [0.1, 0.15) is 5.75 Å². The van der Waals surface area contributed by atoms with E-state index in [2.05, 4.69) is 67.8 Å². The quantitative estimate of drug-likeness (QED) is 0.191. The summed E-state index contributed by atoms with van der Waals surface area (Å²) in [5.41, 5.74) is 3.28. The molecule has 36 heavy (non-hydrogen) atoms.